The number of nitro groups is 1. The minimum Gasteiger partial charge on any atom is -0.486 e. The molecule has 1 aromatic rings. The maximum atomic E-state index is 12.5. The van der Waals surface area contributed by atoms with Gasteiger partial charge in [0.2, 0.25) is 10.0 Å². The van der Waals surface area contributed by atoms with E-state index in [4.69, 9.17) is 14.6 Å². The fraction of sp³-hybridized carbons (Fsp3) is 0.462. The molecule has 11 heteroatoms. The molecular formula is C13H16N2O8S. The molecule has 132 valence electrons. The van der Waals surface area contributed by atoms with Crippen LogP contribution < -0.4 is 14.2 Å². The van der Waals surface area contributed by atoms with Gasteiger partial charge in [-0.15, -0.1) is 0 Å². The number of nitrogens with one attached hydrogen (secondary N) is 1. The number of aliphatic carboxylic acids is 1. The SMILES string of the molecule is CC(C)C(NS(=O)(=O)c1cc2c(cc1[N+](=O)[O-])OCCO2)C(=O)O. The van der Waals surface area contributed by atoms with E-state index in [0.29, 0.717) is 0 Å². The monoisotopic (exact) mass is 360 g/mol. The van der Waals surface area contributed by atoms with Crippen LogP contribution in [0.3, 0.4) is 0 Å². The standard InChI is InChI=1S/C13H16N2O8S/c1-7(2)12(13(16)17)14-24(20,21)11-6-10-9(22-3-4-23-10)5-8(11)15(18)19/h5-7,12,14H,3-4H2,1-2H3,(H,16,17). The molecule has 0 aliphatic carbocycles. The van der Waals surface area contributed by atoms with Gasteiger partial charge in [0.25, 0.3) is 5.69 Å². The van der Waals surface area contributed by atoms with Gasteiger partial charge in [-0.2, -0.15) is 4.72 Å². The fourth-order valence-corrected chi connectivity index (χ4v) is 3.62. The second-order valence-corrected chi connectivity index (χ2v) is 7.08. The average Bonchev–Trinajstić information content (AvgIpc) is 2.50. The van der Waals surface area contributed by atoms with Gasteiger partial charge in [-0.25, -0.2) is 8.42 Å². The molecule has 0 radical (unpaired) electrons. The molecule has 1 aromatic carbocycles. The summed E-state index contributed by atoms with van der Waals surface area (Å²) in [6, 6.07) is 0.491. The Balaban J connectivity index is 2.52. The molecule has 2 rings (SSSR count). The molecule has 0 aromatic heterocycles. The van der Waals surface area contributed by atoms with Gasteiger partial charge in [0.1, 0.15) is 19.3 Å². The number of carboxylic acid groups (broad SMARTS) is 1. The smallest absolute Gasteiger partial charge is 0.322 e. The van der Waals surface area contributed by atoms with E-state index in [1.807, 2.05) is 4.72 Å². The summed E-state index contributed by atoms with van der Waals surface area (Å²) in [5.41, 5.74) is -0.723. The van der Waals surface area contributed by atoms with Gasteiger partial charge in [0.15, 0.2) is 16.4 Å². The maximum absolute atomic E-state index is 12.5. The van der Waals surface area contributed by atoms with Crippen molar-refractivity contribution in [2.24, 2.45) is 5.92 Å². The lowest BCUT2D eigenvalue weighted by Gasteiger charge is -2.21. The molecule has 1 aliphatic rings. The van der Waals surface area contributed by atoms with Gasteiger partial charge < -0.3 is 14.6 Å². The number of rotatable bonds is 6. The lowest BCUT2D eigenvalue weighted by Crippen LogP contribution is -2.44. The molecule has 24 heavy (non-hydrogen) atoms. The van der Waals surface area contributed by atoms with Crippen LogP contribution in [0, 0.1) is 16.0 Å². The number of carboxylic acids is 1. The van der Waals surface area contributed by atoms with Crippen molar-refractivity contribution < 1.29 is 32.7 Å². The zero-order valence-electron chi connectivity index (χ0n) is 12.9. The number of sulfonamides is 1. The average molecular weight is 360 g/mol. The van der Waals surface area contributed by atoms with Crippen LogP contribution >= 0.6 is 0 Å². The third kappa shape index (κ3) is 3.57. The third-order valence-electron chi connectivity index (χ3n) is 3.32. The Morgan fingerprint density at radius 1 is 1.29 bits per heavy atom. The Kier molecular flexibility index (Phi) is 4.94. The molecule has 0 saturated heterocycles. The van der Waals surface area contributed by atoms with Gasteiger partial charge in [-0.05, 0) is 5.92 Å². The summed E-state index contributed by atoms with van der Waals surface area (Å²) in [7, 11) is -4.47. The molecule has 0 amide bonds. The molecular weight excluding hydrogens is 344 g/mol. The van der Waals surface area contributed by atoms with Crippen molar-refractivity contribution >= 4 is 21.7 Å². The molecule has 10 nitrogen and oxygen atoms in total. The number of carbonyl (C=O) groups is 1. The summed E-state index contributed by atoms with van der Waals surface area (Å²) in [5.74, 6) is -1.84. The van der Waals surface area contributed by atoms with E-state index in [1.54, 1.807) is 0 Å². The van der Waals surface area contributed by atoms with Crippen molar-refractivity contribution in [3.8, 4) is 11.5 Å². The predicted molar refractivity (Wildman–Crippen MR) is 80.7 cm³/mol. The minimum atomic E-state index is -4.47. The number of ether oxygens (including phenoxy) is 2. The van der Waals surface area contributed by atoms with Gasteiger partial charge >= 0.3 is 5.97 Å². The normalized spacial score (nSPS) is 15.1. The minimum absolute atomic E-state index is 0.0450. The first-order valence-corrected chi connectivity index (χ1v) is 8.45. The first-order valence-electron chi connectivity index (χ1n) is 6.96. The van der Waals surface area contributed by atoms with Crippen LogP contribution in [0.5, 0.6) is 11.5 Å². The van der Waals surface area contributed by atoms with Crippen LogP contribution in [-0.4, -0.2) is 43.7 Å². The van der Waals surface area contributed by atoms with Gasteiger partial charge in [0.05, 0.1) is 11.0 Å². The largest absolute Gasteiger partial charge is 0.486 e. The highest BCUT2D eigenvalue weighted by atomic mass is 32.2. The van der Waals surface area contributed by atoms with E-state index in [-0.39, 0.29) is 24.7 Å². The van der Waals surface area contributed by atoms with Crippen LogP contribution in [0.15, 0.2) is 17.0 Å². The molecule has 0 bridgehead atoms. The lowest BCUT2D eigenvalue weighted by atomic mass is 10.1. The lowest BCUT2D eigenvalue weighted by molar-refractivity contribution is -0.388. The van der Waals surface area contributed by atoms with E-state index < -0.39 is 43.5 Å². The Morgan fingerprint density at radius 2 is 1.83 bits per heavy atom. The Morgan fingerprint density at radius 3 is 2.29 bits per heavy atom. The summed E-state index contributed by atoms with van der Waals surface area (Å²) >= 11 is 0. The van der Waals surface area contributed by atoms with E-state index in [0.717, 1.165) is 12.1 Å². The molecule has 1 unspecified atom stereocenters. The molecule has 0 fully saturated rings. The molecule has 1 heterocycles. The zero-order chi connectivity index (χ0) is 18.1. The topological polar surface area (TPSA) is 145 Å². The number of hydrogen-bond donors (Lipinski definition) is 2. The summed E-state index contributed by atoms with van der Waals surface area (Å²) in [6.45, 7) is 3.38. The van der Waals surface area contributed by atoms with Crippen LogP contribution in [0.25, 0.3) is 0 Å². The van der Waals surface area contributed by atoms with Crippen molar-refractivity contribution in [1.29, 1.82) is 0 Å². The number of fused-ring (bicyclic) bond motifs is 1. The van der Waals surface area contributed by atoms with Crippen LogP contribution in [0.4, 0.5) is 5.69 Å². The van der Waals surface area contributed by atoms with Gasteiger partial charge in [0, 0.05) is 6.07 Å². The number of hydrogen-bond acceptors (Lipinski definition) is 7. The van der Waals surface area contributed by atoms with Crippen LogP contribution in [-0.2, 0) is 14.8 Å². The summed E-state index contributed by atoms with van der Waals surface area (Å²) in [4.78, 5) is 20.9. The highest BCUT2D eigenvalue weighted by molar-refractivity contribution is 7.89. The summed E-state index contributed by atoms with van der Waals surface area (Å²) in [5, 5.41) is 20.3. The molecule has 0 saturated carbocycles. The van der Waals surface area contributed by atoms with Gasteiger partial charge in [-0.1, -0.05) is 13.8 Å². The first-order chi connectivity index (χ1) is 11.1. The Bertz CT molecular complexity index is 774. The van der Waals surface area contributed by atoms with Crippen molar-refractivity contribution in [3.05, 3.63) is 22.2 Å². The van der Waals surface area contributed by atoms with E-state index in [9.17, 15) is 23.3 Å². The summed E-state index contributed by atoms with van der Waals surface area (Å²) in [6.07, 6.45) is 0. The number of nitro benzene ring substituents is 1. The van der Waals surface area contributed by atoms with Gasteiger partial charge in [-0.3, -0.25) is 14.9 Å². The van der Waals surface area contributed by atoms with Crippen molar-refractivity contribution in [2.45, 2.75) is 24.8 Å². The first kappa shape index (κ1) is 17.9. The maximum Gasteiger partial charge on any atom is 0.322 e. The number of benzene rings is 1. The second kappa shape index (κ2) is 6.61. The molecule has 1 atom stereocenters. The Hall–Kier alpha value is -2.40. The van der Waals surface area contributed by atoms with Crippen molar-refractivity contribution in [3.63, 3.8) is 0 Å². The van der Waals surface area contributed by atoms with Crippen molar-refractivity contribution in [2.75, 3.05) is 13.2 Å². The fourth-order valence-electron chi connectivity index (χ4n) is 2.12. The molecule has 2 N–H and O–H groups in total. The van der Waals surface area contributed by atoms with Crippen LogP contribution in [0.1, 0.15) is 13.8 Å². The predicted octanol–water partition coefficient (Wildman–Crippen LogP) is 0.753. The highest BCUT2D eigenvalue weighted by Crippen LogP contribution is 2.38. The summed E-state index contributed by atoms with van der Waals surface area (Å²) < 4.78 is 37.4. The Labute approximate surface area is 137 Å². The van der Waals surface area contributed by atoms with Crippen molar-refractivity contribution in [1.82, 2.24) is 4.72 Å². The van der Waals surface area contributed by atoms with E-state index in [1.165, 1.54) is 13.8 Å². The van der Waals surface area contributed by atoms with E-state index >= 15 is 0 Å². The van der Waals surface area contributed by atoms with Crippen LogP contribution in [0.2, 0.25) is 0 Å². The highest BCUT2D eigenvalue weighted by Gasteiger charge is 2.34. The van der Waals surface area contributed by atoms with E-state index in [2.05, 4.69) is 0 Å². The quantitative estimate of drug-likeness (QED) is 0.558. The third-order valence-corrected chi connectivity index (χ3v) is 4.80. The number of nitrogens with zero attached hydrogens (tertiary/aromatic N) is 1. The second-order valence-electron chi connectivity index (χ2n) is 5.40. The molecule has 0 spiro atoms. The molecule has 1 aliphatic heterocycles. The zero-order valence-corrected chi connectivity index (χ0v) is 13.7.